The third-order valence-corrected chi connectivity index (χ3v) is 4.45. The predicted octanol–water partition coefficient (Wildman–Crippen LogP) is 2.34. The fraction of sp³-hybridized carbons (Fsp3) is 0.588. The molecule has 0 aliphatic carbocycles. The zero-order valence-electron chi connectivity index (χ0n) is 14.8. The zero-order valence-corrected chi connectivity index (χ0v) is 15.6. The highest BCUT2D eigenvalue weighted by Gasteiger charge is 2.03. The van der Waals surface area contributed by atoms with Crippen LogP contribution < -0.4 is 10.6 Å². The van der Waals surface area contributed by atoms with Gasteiger partial charge in [0, 0.05) is 37.5 Å². The third-order valence-electron chi connectivity index (χ3n) is 3.52. The largest absolute Gasteiger partial charge is 0.356 e. The van der Waals surface area contributed by atoms with Crippen molar-refractivity contribution in [1.29, 1.82) is 0 Å². The second kappa shape index (κ2) is 10.1. The number of hydrogen-bond acceptors (Lipinski definition) is 4. The molecule has 0 atom stereocenters. The van der Waals surface area contributed by atoms with E-state index in [0.717, 1.165) is 50.8 Å². The predicted molar refractivity (Wildman–Crippen MR) is 101 cm³/mol. The highest BCUT2D eigenvalue weighted by atomic mass is 32.1. The Kier molecular flexibility index (Phi) is 7.74. The Balaban J connectivity index is 1.80. The molecule has 7 heteroatoms. The van der Waals surface area contributed by atoms with Crippen molar-refractivity contribution in [2.45, 2.75) is 40.2 Å². The quantitative estimate of drug-likeness (QED) is 0.539. The lowest BCUT2D eigenvalue weighted by molar-refractivity contribution is 0.623. The van der Waals surface area contributed by atoms with E-state index in [4.69, 9.17) is 0 Å². The second-order valence-corrected chi connectivity index (χ2v) is 7.09. The van der Waals surface area contributed by atoms with Crippen LogP contribution in [0.5, 0.6) is 0 Å². The highest BCUT2D eigenvalue weighted by molar-refractivity contribution is 7.09. The van der Waals surface area contributed by atoms with Gasteiger partial charge < -0.3 is 15.2 Å². The molecule has 0 unspecified atom stereocenters. The van der Waals surface area contributed by atoms with Gasteiger partial charge >= 0.3 is 0 Å². The average molecular weight is 349 g/mol. The van der Waals surface area contributed by atoms with Crippen LogP contribution in [-0.2, 0) is 19.4 Å². The summed E-state index contributed by atoms with van der Waals surface area (Å²) in [5.41, 5.74) is 0. The van der Waals surface area contributed by atoms with Crippen LogP contribution in [0.4, 0.5) is 0 Å². The van der Waals surface area contributed by atoms with Crippen molar-refractivity contribution >= 4 is 17.3 Å². The van der Waals surface area contributed by atoms with Gasteiger partial charge in [0.25, 0.3) is 0 Å². The number of guanidine groups is 1. The molecule has 2 aromatic heterocycles. The first-order chi connectivity index (χ1) is 11.7. The molecule has 2 N–H and O–H groups in total. The lowest BCUT2D eigenvalue weighted by Gasteiger charge is -2.14. The maximum absolute atomic E-state index is 4.66. The van der Waals surface area contributed by atoms with E-state index in [9.17, 15) is 0 Å². The maximum Gasteiger partial charge on any atom is 0.191 e. The van der Waals surface area contributed by atoms with Gasteiger partial charge in [-0.2, -0.15) is 0 Å². The number of rotatable bonds is 9. The Morgan fingerprint density at radius 2 is 2.17 bits per heavy atom. The van der Waals surface area contributed by atoms with Crippen molar-refractivity contribution in [1.82, 2.24) is 25.4 Å². The van der Waals surface area contributed by atoms with Crippen molar-refractivity contribution in [2.75, 3.05) is 19.6 Å². The van der Waals surface area contributed by atoms with Gasteiger partial charge in [-0.3, -0.25) is 4.99 Å². The van der Waals surface area contributed by atoms with Gasteiger partial charge in [-0.15, -0.1) is 21.5 Å². The summed E-state index contributed by atoms with van der Waals surface area (Å²) < 4.78 is 2.08. The standard InChI is InChI=1S/C17H28N6S/c1-4-16-22-21-13-23(16)10-9-19-17(20-12-14(2)3)18-8-7-15-6-5-11-24-15/h5-6,11,13-14H,4,7-10,12H2,1-3H3,(H2,18,19,20). The molecule has 2 aromatic rings. The molecular weight excluding hydrogens is 320 g/mol. The highest BCUT2D eigenvalue weighted by Crippen LogP contribution is 2.08. The minimum Gasteiger partial charge on any atom is -0.356 e. The lowest BCUT2D eigenvalue weighted by Crippen LogP contribution is -2.40. The first-order valence-electron chi connectivity index (χ1n) is 8.60. The minimum absolute atomic E-state index is 0.547. The Bertz CT molecular complexity index is 602. The van der Waals surface area contributed by atoms with E-state index in [1.807, 2.05) is 0 Å². The van der Waals surface area contributed by atoms with Crippen molar-refractivity contribution in [3.05, 3.63) is 34.5 Å². The van der Waals surface area contributed by atoms with Crippen LogP contribution in [0.15, 0.2) is 28.8 Å². The molecule has 0 aliphatic heterocycles. The molecule has 0 amide bonds. The molecule has 0 fully saturated rings. The van der Waals surface area contributed by atoms with Crippen molar-refractivity contribution in [3.63, 3.8) is 0 Å². The topological polar surface area (TPSA) is 67.1 Å². The molecule has 0 spiro atoms. The summed E-state index contributed by atoms with van der Waals surface area (Å²) in [6, 6.07) is 4.26. The number of nitrogens with zero attached hydrogens (tertiary/aromatic N) is 4. The van der Waals surface area contributed by atoms with Crippen LogP contribution in [0.2, 0.25) is 0 Å². The summed E-state index contributed by atoms with van der Waals surface area (Å²) in [5.74, 6) is 2.44. The van der Waals surface area contributed by atoms with E-state index in [1.165, 1.54) is 4.88 Å². The summed E-state index contributed by atoms with van der Waals surface area (Å²) in [4.78, 5) is 6.05. The first kappa shape index (κ1) is 18.4. The fourth-order valence-corrected chi connectivity index (χ4v) is 2.95. The van der Waals surface area contributed by atoms with Gasteiger partial charge in [0.1, 0.15) is 12.2 Å². The molecule has 2 rings (SSSR count). The number of nitrogens with one attached hydrogen (secondary N) is 2. The molecule has 0 aliphatic rings. The van der Waals surface area contributed by atoms with Crippen LogP contribution in [-0.4, -0.2) is 40.4 Å². The molecule has 24 heavy (non-hydrogen) atoms. The molecule has 6 nitrogen and oxygen atoms in total. The number of thiophene rings is 1. The fourth-order valence-electron chi connectivity index (χ4n) is 2.24. The number of aryl methyl sites for hydroxylation is 1. The van der Waals surface area contributed by atoms with Crippen LogP contribution >= 0.6 is 11.3 Å². The Hall–Kier alpha value is -1.89. The molecule has 0 bridgehead atoms. The summed E-state index contributed by atoms with van der Waals surface area (Å²) in [7, 11) is 0. The second-order valence-electron chi connectivity index (χ2n) is 6.06. The van der Waals surface area contributed by atoms with Gasteiger partial charge in [-0.05, 0) is 23.8 Å². The molecular formula is C17H28N6S. The molecule has 0 aromatic carbocycles. The van der Waals surface area contributed by atoms with Gasteiger partial charge in [0.15, 0.2) is 5.96 Å². The SMILES string of the molecule is CCc1nncn1CCNC(=NCC(C)C)NCCc1cccs1. The van der Waals surface area contributed by atoms with E-state index in [2.05, 4.69) is 68.7 Å². The van der Waals surface area contributed by atoms with Crippen LogP contribution in [0.1, 0.15) is 31.5 Å². The van der Waals surface area contributed by atoms with Crippen LogP contribution in [0, 0.1) is 5.92 Å². The molecule has 0 saturated carbocycles. The lowest BCUT2D eigenvalue weighted by atomic mass is 10.2. The molecule has 0 saturated heterocycles. The van der Waals surface area contributed by atoms with Gasteiger partial charge in [0.05, 0.1) is 0 Å². The molecule has 2 heterocycles. The number of aliphatic imine (C=N–C) groups is 1. The van der Waals surface area contributed by atoms with Gasteiger partial charge in [0.2, 0.25) is 0 Å². The van der Waals surface area contributed by atoms with E-state index in [0.29, 0.717) is 5.92 Å². The van der Waals surface area contributed by atoms with E-state index in [-0.39, 0.29) is 0 Å². The zero-order chi connectivity index (χ0) is 17.2. The molecule has 132 valence electrons. The van der Waals surface area contributed by atoms with Crippen LogP contribution in [0.25, 0.3) is 0 Å². The summed E-state index contributed by atoms with van der Waals surface area (Å²) in [6.07, 6.45) is 3.70. The Labute approximate surface area is 148 Å². The maximum atomic E-state index is 4.66. The number of hydrogen-bond donors (Lipinski definition) is 2. The summed E-state index contributed by atoms with van der Waals surface area (Å²) >= 11 is 1.80. The summed E-state index contributed by atoms with van der Waals surface area (Å²) in [6.45, 7) is 9.79. The normalized spacial score (nSPS) is 11.9. The number of aromatic nitrogens is 3. The smallest absolute Gasteiger partial charge is 0.191 e. The first-order valence-corrected chi connectivity index (χ1v) is 9.48. The monoisotopic (exact) mass is 348 g/mol. The van der Waals surface area contributed by atoms with Gasteiger partial charge in [-0.1, -0.05) is 26.8 Å². The Morgan fingerprint density at radius 1 is 1.33 bits per heavy atom. The van der Waals surface area contributed by atoms with Crippen molar-refractivity contribution in [2.24, 2.45) is 10.9 Å². The average Bonchev–Trinajstić information content (AvgIpc) is 3.23. The van der Waals surface area contributed by atoms with E-state index >= 15 is 0 Å². The molecule has 0 radical (unpaired) electrons. The van der Waals surface area contributed by atoms with Gasteiger partial charge in [-0.25, -0.2) is 0 Å². The third kappa shape index (κ3) is 6.31. The summed E-state index contributed by atoms with van der Waals surface area (Å²) in [5, 5.41) is 17.0. The van der Waals surface area contributed by atoms with Crippen LogP contribution in [0.3, 0.4) is 0 Å². The van der Waals surface area contributed by atoms with E-state index in [1.54, 1.807) is 17.7 Å². The van der Waals surface area contributed by atoms with E-state index < -0.39 is 0 Å². The minimum atomic E-state index is 0.547. The Morgan fingerprint density at radius 3 is 2.88 bits per heavy atom. The van der Waals surface area contributed by atoms with Crippen molar-refractivity contribution in [3.8, 4) is 0 Å². The van der Waals surface area contributed by atoms with Crippen molar-refractivity contribution < 1.29 is 0 Å².